The second-order valence-electron chi connectivity index (χ2n) is 4.65. The molecule has 0 aromatic carbocycles. The van der Waals surface area contributed by atoms with Gasteiger partial charge in [0, 0.05) is 13.0 Å². The Morgan fingerprint density at radius 1 is 1.48 bits per heavy atom. The molecule has 0 aliphatic carbocycles. The highest BCUT2D eigenvalue weighted by molar-refractivity contribution is 7.89. The van der Waals surface area contributed by atoms with E-state index < -0.39 is 27.8 Å². The fourth-order valence-corrected chi connectivity index (χ4v) is 3.78. The summed E-state index contributed by atoms with van der Waals surface area (Å²) in [6.45, 7) is 2.73. The van der Waals surface area contributed by atoms with E-state index in [0.717, 1.165) is 4.41 Å². The first-order valence-corrected chi connectivity index (χ1v) is 7.54. The normalized spacial score (nSPS) is 20.1. The second kappa shape index (κ2) is 5.45. The number of carbonyl (C=O) groups is 2. The van der Waals surface area contributed by atoms with Crippen LogP contribution in [0.25, 0.3) is 0 Å². The molecule has 21 heavy (non-hydrogen) atoms. The topological polar surface area (TPSA) is 119 Å². The second-order valence-corrected chi connectivity index (χ2v) is 6.45. The average molecular weight is 317 g/mol. The number of carbonyl (C=O) groups excluding carboxylic acids is 2. The molecule has 1 aromatic rings. The summed E-state index contributed by atoms with van der Waals surface area (Å²) < 4.78 is 35.2. The SMILES string of the molecule is COC(=O)C1CC(=O)NN(S(=O)(=O)c2c(C)noc2C)C1. The Morgan fingerprint density at radius 3 is 2.67 bits per heavy atom. The molecule has 1 atom stereocenters. The summed E-state index contributed by atoms with van der Waals surface area (Å²) in [5.41, 5.74) is 2.42. The molecule has 1 aliphatic heterocycles. The molecule has 1 unspecified atom stereocenters. The van der Waals surface area contributed by atoms with E-state index in [0.29, 0.717) is 0 Å². The summed E-state index contributed by atoms with van der Waals surface area (Å²) in [6.07, 6.45) is -0.125. The zero-order valence-electron chi connectivity index (χ0n) is 11.7. The van der Waals surface area contributed by atoms with Crippen molar-refractivity contribution in [3.05, 3.63) is 11.5 Å². The van der Waals surface area contributed by atoms with Gasteiger partial charge in [0.1, 0.15) is 10.6 Å². The van der Waals surface area contributed by atoms with Crippen LogP contribution < -0.4 is 5.43 Å². The van der Waals surface area contributed by atoms with Crippen molar-refractivity contribution in [1.82, 2.24) is 15.0 Å². The van der Waals surface area contributed by atoms with Gasteiger partial charge in [0.25, 0.3) is 10.0 Å². The number of aryl methyl sites for hydroxylation is 2. The molecule has 1 aliphatic rings. The first-order valence-electron chi connectivity index (χ1n) is 6.10. The number of ether oxygens (including phenoxy) is 1. The molecule has 0 spiro atoms. The van der Waals surface area contributed by atoms with Crippen molar-refractivity contribution in [3.8, 4) is 0 Å². The van der Waals surface area contributed by atoms with Gasteiger partial charge in [0.2, 0.25) is 5.91 Å². The highest BCUT2D eigenvalue weighted by atomic mass is 32.2. The fourth-order valence-electron chi connectivity index (χ4n) is 2.15. The van der Waals surface area contributed by atoms with Crippen molar-refractivity contribution in [2.45, 2.75) is 25.2 Å². The number of rotatable bonds is 3. The summed E-state index contributed by atoms with van der Waals surface area (Å²) in [7, 11) is -2.87. The lowest BCUT2D eigenvalue weighted by Crippen LogP contribution is -2.54. The molecule has 0 radical (unpaired) electrons. The van der Waals surface area contributed by atoms with Crippen molar-refractivity contribution >= 4 is 21.9 Å². The predicted octanol–water partition coefficient (Wildman–Crippen LogP) is -0.494. The summed E-state index contributed by atoms with van der Waals surface area (Å²) >= 11 is 0. The number of aromatic nitrogens is 1. The molecule has 0 saturated carbocycles. The third-order valence-corrected chi connectivity index (χ3v) is 5.04. The van der Waals surface area contributed by atoms with Crippen LogP contribution in [0.15, 0.2) is 9.42 Å². The lowest BCUT2D eigenvalue weighted by atomic mass is 10.0. The van der Waals surface area contributed by atoms with Crippen LogP contribution >= 0.6 is 0 Å². The van der Waals surface area contributed by atoms with Crippen LogP contribution in [0.3, 0.4) is 0 Å². The molecule has 1 N–H and O–H groups in total. The zero-order valence-corrected chi connectivity index (χ0v) is 12.6. The third-order valence-electron chi connectivity index (χ3n) is 3.12. The number of hydrogen-bond donors (Lipinski definition) is 1. The molecule has 2 rings (SSSR count). The van der Waals surface area contributed by atoms with Gasteiger partial charge in [-0.1, -0.05) is 5.16 Å². The highest BCUT2D eigenvalue weighted by Gasteiger charge is 2.39. The maximum absolute atomic E-state index is 12.6. The van der Waals surface area contributed by atoms with Gasteiger partial charge in [0.15, 0.2) is 5.76 Å². The van der Waals surface area contributed by atoms with E-state index in [1.807, 2.05) is 0 Å². The van der Waals surface area contributed by atoms with Gasteiger partial charge >= 0.3 is 5.97 Å². The Balaban J connectivity index is 2.36. The van der Waals surface area contributed by atoms with Gasteiger partial charge in [-0.25, -0.2) is 8.42 Å². The summed E-state index contributed by atoms with van der Waals surface area (Å²) in [4.78, 5) is 23.1. The molecule has 116 valence electrons. The smallest absolute Gasteiger partial charge is 0.310 e. The van der Waals surface area contributed by atoms with Crippen LogP contribution in [0.5, 0.6) is 0 Å². The zero-order chi connectivity index (χ0) is 15.8. The first-order chi connectivity index (χ1) is 9.77. The van der Waals surface area contributed by atoms with Gasteiger partial charge in [0.05, 0.1) is 13.0 Å². The summed E-state index contributed by atoms with van der Waals surface area (Å²) in [6, 6.07) is 0. The molecule has 0 bridgehead atoms. The Morgan fingerprint density at radius 2 is 2.14 bits per heavy atom. The molecule has 1 aromatic heterocycles. The van der Waals surface area contributed by atoms with E-state index >= 15 is 0 Å². The Bertz CT molecular complexity index is 661. The van der Waals surface area contributed by atoms with E-state index in [4.69, 9.17) is 4.52 Å². The van der Waals surface area contributed by atoms with Crippen LogP contribution in [0.1, 0.15) is 17.9 Å². The van der Waals surface area contributed by atoms with Crippen LogP contribution in [-0.4, -0.2) is 43.5 Å². The van der Waals surface area contributed by atoms with Gasteiger partial charge < -0.3 is 9.26 Å². The monoisotopic (exact) mass is 317 g/mol. The largest absolute Gasteiger partial charge is 0.469 e. The summed E-state index contributed by atoms with van der Waals surface area (Å²) in [5.74, 6) is -1.95. The maximum Gasteiger partial charge on any atom is 0.310 e. The van der Waals surface area contributed by atoms with Gasteiger partial charge in [-0.2, -0.15) is 0 Å². The quantitative estimate of drug-likeness (QED) is 0.747. The number of nitrogens with zero attached hydrogens (tertiary/aromatic N) is 2. The average Bonchev–Trinajstić information content (AvgIpc) is 2.77. The van der Waals surface area contributed by atoms with E-state index in [1.165, 1.54) is 21.0 Å². The molecule has 9 nitrogen and oxygen atoms in total. The van der Waals surface area contributed by atoms with Crippen molar-refractivity contribution in [1.29, 1.82) is 0 Å². The Labute approximate surface area is 121 Å². The van der Waals surface area contributed by atoms with E-state index in [1.54, 1.807) is 0 Å². The minimum absolute atomic E-state index is 0.113. The van der Waals surface area contributed by atoms with Crippen LogP contribution in [0, 0.1) is 19.8 Å². The van der Waals surface area contributed by atoms with Crippen LogP contribution in [0.4, 0.5) is 0 Å². The number of amides is 1. The van der Waals surface area contributed by atoms with Crippen molar-refractivity contribution in [2.75, 3.05) is 13.7 Å². The molecule has 1 amide bonds. The van der Waals surface area contributed by atoms with Gasteiger partial charge in [-0.05, 0) is 13.8 Å². The third kappa shape index (κ3) is 2.76. The number of hydrogen-bond acceptors (Lipinski definition) is 7. The van der Waals surface area contributed by atoms with Crippen molar-refractivity contribution in [3.63, 3.8) is 0 Å². The fraction of sp³-hybridized carbons (Fsp3) is 0.545. The molecule has 10 heteroatoms. The first kappa shape index (κ1) is 15.4. The Hall–Kier alpha value is -1.94. The lowest BCUT2D eigenvalue weighted by molar-refractivity contribution is -0.150. The van der Waals surface area contributed by atoms with E-state index in [-0.39, 0.29) is 29.3 Å². The Kier molecular flexibility index (Phi) is 4.01. The number of hydrazine groups is 1. The predicted molar refractivity (Wildman–Crippen MR) is 68.1 cm³/mol. The van der Waals surface area contributed by atoms with Crippen molar-refractivity contribution in [2.24, 2.45) is 5.92 Å². The highest BCUT2D eigenvalue weighted by Crippen LogP contribution is 2.25. The molecular weight excluding hydrogens is 302 g/mol. The van der Waals surface area contributed by atoms with Crippen molar-refractivity contribution < 1.29 is 27.3 Å². The molecule has 1 saturated heterocycles. The van der Waals surface area contributed by atoms with Gasteiger partial charge in [-0.3, -0.25) is 15.0 Å². The number of esters is 1. The maximum atomic E-state index is 12.6. The van der Waals surface area contributed by atoms with E-state index in [9.17, 15) is 18.0 Å². The minimum atomic E-state index is -4.05. The van der Waals surface area contributed by atoms with E-state index in [2.05, 4.69) is 15.3 Å². The van der Waals surface area contributed by atoms with Gasteiger partial charge in [-0.15, -0.1) is 4.41 Å². The van der Waals surface area contributed by atoms with Crippen LogP contribution in [0.2, 0.25) is 0 Å². The standard InChI is InChI=1S/C11H15N3O6S/c1-6-10(7(2)20-13-6)21(17,18)14-5-8(11(16)19-3)4-9(15)12-14/h8H,4-5H2,1-3H3,(H,12,15). The number of methoxy groups -OCH3 is 1. The number of nitrogens with one attached hydrogen (secondary N) is 1. The molecule has 2 heterocycles. The summed E-state index contributed by atoms with van der Waals surface area (Å²) in [5, 5.41) is 3.58. The molecule has 1 fully saturated rings. The van der Waals surface area contributed by atoms with Crippen LogP contribution in [-0.2, 0) is 24.3 Å². The molecular formula is C11H15N3O6S. The minimum Gasteiger partial charge on any atom is -0.469 e. The lowest BCUT2D eigenvalue weighted by Gasteiger charge is -2.30. The number of sulfonamides is 1.